The Morgan fingerprint density at radius 2 is 2.14 bits per heavy atom. The van der Waals surface area contributed by atoms with Crippen molar-refractivity contribution in [3.63, 3.8) is 0 Å². The molecular weight excluding hydrogens is 266 g/mol. The standard InChI is InChI=1S/C16H27N3O2/c1-19-13-14(12-18-19)8-9-16(20)17-10-11-21-15-6-4-2-3-5-7-15/h12-13,15H,2-11H2,1H3,(H,17,20). The Morgan fingerprint density at radius 1 is 1.38 bits per heavy atom. The average Bonchev–Trinajstić information content (AvgIpc) is 2.73. The summed E-state index contributed by atoms with van der Waals surface area (Å²) in [6.45, 7) is 1.24. The van der Waals surface area contributed by atoms with E-state index in [0.717, 1.165) is 12.0 Å². The molecule has 0 aliphatic heterocycles. The summed E-state index contributed by atoms with van der Waals surface area (Å²) in [5.41, 5.74) is 1.10. The molecule has 1 aromatic rings. The summed E-state index contributed by atoms with van der Waals surface area (Å²) in [6, 6.07) is 0. The zero-order valence-electron chi connectivity index (χ0n) is 13.0. The normalized spacial score (nSPS) is 16.6. The molecule has 0 radical (unpaired) electrons. The van der Waals surface area contributed by atoms with Gasteiger partial charge in [-0.05, 0) is 24.8 Å². The summed E-state index contributed by atoms with van der Waals surface area (Å²) in [5.74, 6) is 0.0864. The van der Waals surface area contributed by atoms with E-state index in [2.05, 4.69) is 10.4 Å². The second-order valence-electron chi connectivity index (χ2n) is 5.86. The van der Waals surface area contributed by atoms with Crippen LogP contribution in [0.4, 0.5) is 0 Å². The van der Waals surface area contributed by atoms with E-state index in [4.69, 9.17) is 4.74 Å². The summed E-state index contributed by atoms with van der Waals surface area (Å²) >= 11 is 0. The van der Waals surface area contributed by atoms with Gasteiger partial charge in [-0.2, -0.15) is 5.10 Å². The van der Waals surface area contributed by atoms with Crippen LogP contribution >= 0.6 is 0 Å². The first-order valence-corrected chi connectivity index (χ1v) is 8.10. The summed E-state index contributed by atoms with van der Waals surface area (Å²) in [7, 11) is 1.88. The van der Waals surface area contributed by atoms with Crippen molar-refractivity contribution in [3.05, 3.63) is 18.0 Å². The molecule has 0 spiro atoms. The van der Waals surface area contributed by atoms with E-state index in [1.54, 1.807) is 4.68 Å². The number of hydrogen-bond acceptors (Lipinski definition) is 3. The summed E-state index contributed by atoms with van der Waals surface area (Å²) in [5, 5.41) is 7.02. The molecular formula is C16H27N3O2. The van der Waals surface area contributed by atoms with Crippen molar-refractivity contribution in [2.24, 2.45) is 7.05 Å². The molecule has 0 bridgehead atoms. The highest BCUT2D eigenvalue weighted by Gasteiger charge is 2.12. The van der Waals surface area contributed by atoms with Crippen molar-refractivity contribution < 1.29 is 9.53 Å². The molecule has 1 heterocycles. The van der Waals surface area contributed by atoms with Crippen LogP contribution in [0.15, 0.2) is 12.4 Å². The molecule has 1 aliphatic carbocycles. The third-order valence-electron chi connectivity index (χ3n) is 3.98. The van der Waals surface area contributed by atoms with Crippen molar-refractivity contribution in [3.8, 4) is 0 Å². The molecule has 1 aliphatic rings. The van der Waals surface area contributed by atoms with E-state index in [0.29, 0.717) is 25.7 Å². The molecule has 118 valence electrons. The van der Waals surface area contributed by atoms with Crippen LogP contribution in [0.3, 0.4) is 0 Å². The lowest BCUT2D eigenvalue weighted by Crippen LogP contribution is -2.28. The zero-order chi connectivity index (χ0) is 14.9. The van der Waals surface area contributed by atoms with Crippen LogP contribution in [0.25, 0.3) is 0 Å². The molecule has 5 heteroatoms. The Balaban J connectivity index is 1.52. The third-order valence-corrected chi connectivity index (χ3v) is 3.98. The number of carbonyl (C=O) groups is 1. The van der Waals surface area contributed by atoms with Gasteiger partial charge in [-0.25, -0.2) is 0 Å². The number of rotatable bonds is 7. The van der Waals surface area contributed by atoms with E-state index in [1.165, 1.54) is 38.5 Å². The van der Waals surface area contributed by atoms with E-state index in [1.807, 2.05) is 19.4 Å². The first-order chi connectivity index (χ1) is 10.2. The van der Waals surface area contributed by atoms with Crippen LogP contribution in [-0.2, 0) is 23.0 Å². The van der Waals surface area contributed by atoms with Crippen LogP contribution in [0.2, 0.25) is 0 Å². The van der Waals surface area contributed by atoms with Gasteiger partial charge in [0.1, 0.15) is 0 Å². The number of carbonyl (C=O) groups excluding carboxylic acids is 1. The lowest BCUT2D eigenvalue weighted by atomic mass is 10.1. The van der Waals surface area contributed by atoms with Gasteiger partial charge in [0.2, 0.25) is 5.91 Å². The maximum absolute atomic E-state index is 11.7. The Labute approximate surface area is 127 Å². The number of hydrogen-bond donors (Lipinski definition) is 1. The summed E-state index contributed by atoms with van der Waals surface area (Å²) < 4.78 is 7.61. The maximum Gasteiger partial charge on any atom is 0.220 e. The van der Waals surface area contributed by atoms with Crippen molar-refractivity contribution in [2.45, 2.75) is 57.5 Å². The van der Waals surface area contributed by atoms with Crippen LogP contribution < -0.4 is 5.32 Å². The highest BCUT2D eigenvalue weighted by molar-refractivity contribution is 5.76. The fraction of sp³-hybridized carbons (Fsp3) is 0.750. The SMILES string of the molecule is Cn1cc(CCC(=O)NCCOC2CCCCCC2)cn1. The summed E-state index contributed by atoms with van der Waals surface area (Å²) in [4.78, 5) is 11.7. The average molecular weight is 293 g/mol. The Morgan fingerprint density at radius 3 is 2.81 bits per heavy atom. The van der Waals surface area contributed by atoms with Gasteiger partial charge in [-0.1, -0.05) is 25.7 Å². The second-order valence-corrected chi connectivity index (χ2v) is 5.86. The first-order valence-electron chi connectivity index (χ1n) is 8.10. The molecule has 0 saturated heterocycles. The number of amides is 1. The minimum atomic E-state index is 0.0864. The number of aryl methyl sites for hydroxylation is 2. The van der Waals surface area contributed by atoms with Gasteiger partial charge < -0.3 is 10.1 Å². The third kappa shape index (κ3) is 6.29. The lowest BCUT2D eigenvalue weighted by molar-refractivity contribution is -0.121. The lowest BCUT2D eigenvalue weighted by Gasteiger charge is -2.15. The van der Waals surface area contributed by atoms with Gasteiger partial charge >= 0.3 is 0 Å². The van der Waals surface area contributed by atoms with Crippen LogP contribution in [0, 0.1) is 0 Å². The van der Waals surface area contributed by atoms with E-state index in [9.17, 15) is 4.79 Å². The van der Waals surface area contributed by atoms with Crippen molar-refractivity contribution in [2.75, 3.05) is 13.2 Å². The minimum Gasteiger partial charge on any atom is -0.376 e. The van der Waals surface area contributed by atoms with Crippen molar-refractivity contribution in [1.29, 1.82) is 0 Å². The van der Waals surface area contributed by atoms with E-state index < -0.39 is 0 Å². The molecule has 2 rings (SSSR count). The quantitative estimate of drug-likeness (QED) is 0.619. The smallest absolute Gasteiger partial charge is 0.220 e. The van der Waals surface area contributed by atoms with Gasteiger partial charge in [-0.15, -0.1) is 0 Å². The van der Waals surface area contributed by atoms with Gasteiger partial charge in [0.05, 0.1) is 18.9 Å². The van der Waals surface area contributed by atoms with Crippen LogP contribution in [0.1, 0.15) is 50.5 Å². The molecule has 1 aromatic heterocycles. The molecule has 1 N–H and O–H groups in total. The monoisotopic (exact) mass is 293 g/mol. The maximum atomic E-state index is 11.7. The molecule has 21 heavy (non-hydrogen) atoms. The van der Waals surface area contributed by atoms with E-state index in [-0.39, 0.29) is 5.91 Å². The fourth-order valence-electron chi connectivity index (χ4n) is 2.77. The highest BCUT2D eigenvalue weighted by Crippen LogP contribution is 2.19. The van der Waals surface area contributed by atoms with E-state index >= 15 is 0 Å². The van der Waals surface area contributed by atoms with Gasteiger partial charge in [0.25, 0.3) is 0 Å². The minimum absolute atomic E-state index is 0.0864. The van der Waals surface area contributed by atoms with Gasteiger partial charge in [-0.3, -0.25) is 9.48 Å². The van der Waals surface area contributed by atoms with Crippen molar-refractivity contribution >= 4 is 5.91 Å². The second kappa shape index (κ2) is 8.82. The Hall–Kier alpha value is -1.36. The van der Waals surface area contributed by atoms with Gasteiger partial charge in [0, 0.05) is 26.2 Å². The van der Waals surface area contributed by atoms with Gasteiger partial charge in [0.15, 0.2) is 0 Å². The fourth-order valence-corrected chi connectivity index (χ4v) is 2.77. The molecule has 5 nitrogen and oxygen atoms in total. The summed E-state index contributed by atoms with van der Waals surface area (Å²) in [6.07, 6.45) is 13.0. The molecule has 0 unspecified atom stereocenters. The molecule has 1 saturated carbocycles. The number of aromatic nitrogens is 2. The van der Waals surface area contributed by atoms with Crippen molar-refractivity contribution in [1.82, 2.24) is 15.1 Å². The molecule has 0 atom stereocenters. The first kappa shape index (κ1) is 16.0. The predicted octanol–water partition coefficient (Wildman–Crippen LogP) is 2.21. The molecule has 1 amide bonds. The Kier molecular flexibility index (Phi) is 6.73. The molecule has 1 fully saturated rings. The Bertz CT molecular complexity index is 423. The number of nitrogens with zero attached hydrogens (tertiary/aromatic N) is 2. The molecule has 0 aromatic carbocycles. The number of nitrogens with one attached hydrogen (secondary N) is 1. The largest absolute Gasteiger partial charge is 0.376 e. The van der Waals surface area contributed by atoms with Crippen LogP contribution in [-0.4, -0.2) is 34.9 Å². The highest BCUT2D eigenvalue weighted by atomic mass is 16.5. The zero-order valence-corrected chi connectivity index (χ0v) is 13.0. The number of ether oxygens (including phenoxy) is 1. The van der Waals surface area contributed by atoms with Crippen LogP contribution in [0.5, 0.6) is 0 Å². The topological polar surface area (TPSA) is 56.2 Å². The predicted molar refractivity (Wildman–Crippen MR) is 82.0 cm³/mol.